The number of hydrogen-bond donors (Lipinski definition) is 1. The van der Waals surface area contributed by atoms with E-state index in [9.17, 15) is 9.90 Å². The summed E-state index contributed by atoms with van der Waals surface area (Å²) in [6, 6.07) is 0. The van der Waals surface area contributed by atoms with Gasteiger partial charge in [-0.05, 0) is 57.9 Å². The third-order valence-corrected chi connectivity index (χ3v) is 5.57. The van der Waals surface area contributed by atoms with E-state index in [0.29, 0.717) is 5.92 Å². The normalized spacial score (nSPS) is 27.2. The molecule has 1 N–H and O–H groups in total. The van der Waals surface area contributed by atoms with Gasteiger partial charge < -0.3 is 10.0 Å². The van der Waals surface area contributed by atoms with E-state index in [-0.39, 0.29) is 0 Å². The van der Waals surface area contributed by atoms with Crippen molar-refractivity contribution in [3.63, 3.8) is 0 Å². The zero-order chi connectivity index (χ0) is 14.6. The van der Waals surface area contributed by atoms with Crippen LogP contribution < -0.4 is 0 Å². The molecule has 0 spiro atoms. The number of likely N-dealkylation sites (tertiary alicyclic amines) is 1. The minimum Gasteiger partial charge on any atom is -0.481 e. The van der Waals surface area contributed by atoms with Crippen LogP contribution in [0, 0.1) is 17.3 Å². The highest BCUT2D eigenvalue weighted by atomic mass is 16.4. The van der Waals surface area contributed by atoms with Gasteiger partial charge in [0.05, 0.1) is 5.41 Å². The van der Waals surface area contributed by atoms with Crippen molar-refractivity contribution in [2.45, 2.75) is 65.2 Å². The summed E-state index contributed by atoms with van der Waals surface area (Å²) in [6.07, 6.45) is 10.6. The number of rotatable bonds is 4. The Hall–Kier alpha value is -0.570. The molecule has 2 aliphatic rings. The zero-order valence-electron chi connectivity index (χ0n) is 13.2. The molecule has 0 radical (unpaired) electrons. The molecular weight excluding hydrogens is 250 g/mol. The average molecular weight is 281 g/mol. The Labute approximate surface area is 123 Å². The van der Waals surface area contributed by atoms with Gasteiger partial charge in [0.1, 0.15) is 0 Å². The SMILES string of the molecule is CC(C)(C(=O)O)C1CCCN(CC2CCCCCC2)C1. The highest BCUT2D eigenvalue weighted by Gasteiger charge is 2.39. The van der Waals surface area contributed by atoms with Gasteiger partial charge in [0, 0.05) is 13.1 Å². The van der Waals surface area contributed by atoms with E-state index in [1.807, 2.05) is 13.8 Å². The van der Waals surface area contributed by atoms with Crippen molar-refractivity contribution in [3.8, 4) is 0 Å². The summed E-state index contributed by atoms with van der Waals surface area (Å²) in [7, 11) is 0. The third-order valence-electron chi connectivity index (χ3n) is 5.57. The molecule has 3 nitrogen and oxygen atoms in total. The highest BCUT2D eigenvalue weighted by molar-refractivity contribution is 5.74. The summed E-state index contributed by atoms with van der Waals surface area (Å²) in [6.45, 7) is 7.15. The molecule has 2 fully saturated rings. The first-order valence-electron chi connectivity index (χ1n) is 8.46. The van der Waals surface area contributed by atoms with Crippen LogP contribution in [0.4, 0.5) is 0 Å². The van der Waals surface area contributed by atoms with Crippen LogP contribution in [0.15, 0.2) is 0 Å². The van der Waals surface area contributed by atoms with Gasteiger partial charge in [-0.15, -0.1) is 0 Å². The van der Waals surface area contributed by atoms with Crippen LogP contribution in [0.5, 0.6) is 0 Å². The summed E-state index contributed by atoms with van der Waals surface area (Å²) in [5.41, 5.74) is -0.581. The lowest BCUT2D eigenvalue weighted by Gasteiger charge is -2.40. The fraction of sp³-hybridized carbons (Fsp3) is 0.941. The van der Waals surface area contributed by atoms with Gasteiger partial charge in [-0.3, -0.25) is 4.79 Å². The van der Waals surface area contributed by atoms with Gasteiger partial charge >= 0.3 is 5.97 Å². The number of hydrogen-bond acceptors (Lipinski definition) is 2. The Morgan fingerprint density at radius 3 is 2.35 bits per heavy atom. The van der Waals surface area contributed by atoms with E-state index in [1.165, 1.54) is 51.6 Å². The summed E-state index contributed by atoms with van der Waals surface area (Å²) < 4.78 is 0. The van der Waals surface area contributed by atoms with Crippen LogP contribution in [-0.4, -0.2) is 35.6 Å². The molecule has 116 valence electrons. The van der Waals surface area contributed by atoms with Gasteiger partial charge in [-0.1, -0.05) is 25.7 Å². The van der Waals surface area contributed by atoms with Crippen LogP contribution >= 0.6 is 0 Å². The molecule has 3 heteroatoms. The molecule has 1 aliphatic heterocycles. The Balaban J connectivity index is 1.88. The van der Waals surface area contributed by atoms with E-state index in [0.717, 1.165) is 25.3 Å². The maximum absolute atomic E-state index is 11.4. The standard InChI is InChI=1S/C17H31NO2/c1-17(2,16(19)20)15-10-7-11-18(13-15)12-14-8-5-3-4-6-9-14/h14-15H,3-13H2,1-2H3,(H,19,20). The number of nitrogens with zero attached hydrogens (tertiary/aromatic N) is 1. The number of carboxylic acids is 1. The quantitative estimate of drug-likeness (QED) is 0.797. The molecule has 0 amide bonds. The number of carboxylic acid groups (broad SMARTS) is 1. The Kier molecular flexibility index (Phi) is 5.48. The van der Waals surface area contributed by atoms with E-state index in [1.54, 1.807) is 0 Å². The molecule has 0 aromatic heterocycles. The van der Waals surface area contributed by atoms with Crippen molar-refractivity contribution >= 4 is 5.97 Å². The van der Waals surface area contributed by atoms with Gasteiger partial charge in [-0.2, -0.15) is 0 Å². The van der Waals surface area contributed by atoms with Gasteiger partial charge in [-0.25, -0.2) is 0 Å². The highest BCUT2D eigenvalue weighted by Crippen LogP contribution is 2.35. The van der Waals surface area contributed by atoms with E-state index >= 15 is 0 Å². The molecule has 1 saturated carbocycles. The molecule has 1 unspecified atom stereocenters. The first kappa shape index (κ1) is 15.8. The lowest BCUT2D eigenvalue weighted by Crippen LogP contribution is -2.46. The van der Waals surface area contributed by atoms with Crippen LogP contribution in [0.2, 0.25) is 0 Å². The minimum atomic E-state index is -0.640. The van der Waals surface area contributed by atoms with Crippen LogP contribution in [-0.2, 0) is 4.79 Å². The molecular formula is C17H31NO2. The number of carbonyl (C=O) groups is 1. The Morgan fingerprint density at radius 2 is 1.75 bits per heavy atom. The average Bonchev–Trinajstić information content (AvgIpc) is 2.67. The first-order valence-corrected chi connectivity index (χ1v) is 8.46. The molecule has 2 rings (SSSR count). The fourth-order valence-electron chi connectivity index (χ4n) is 3.90. The van der Waals surface area contributed by atoms with Crippen molar-refractivity contribution in [2.24, 2.45) is 17.3 Å². The predicted molar refractivity (Wildman–Crippen MR) is 81.8 cm³/mol. The smallest absolute Gasteiger partial charge is 0.309 e. The molecule has 1 aliphatic carbocycles. The van der Waals surface area contributed by atoms with Gasteiger partial charge in [0.2, 0.25) is 0 Å². The van der Waals surface area contributed by atoms with E-state index < -0.39 is 11.4 Å². The molecule has 1 heterocycles. The largest absolute Gasteiger partial charge is 0.481 e. The number of aliphatic carboxylic acids is 1. The monoisotopic (exact) mass is 281 g/mol. The lowest BCUT2D eigenvalue weighted by molar-refractivity contribution is -0.151. The van der Waals surface area contributed by atoms with Crippen molar-refractivity contribution in [3.05, 3.63) is 0 Å². The van der Waals surface area contributed by atoms with E-state index in [2.05, 4.69) is 4.90 Å². The molecule has 0 aromatic carbocycles. The number of piperidine rings is 1. The maximum atomic E-state index is 11.4. The van der Waals surface area contributed by atoms with Crippen LogP contribution in [0.1, 0.15) is 65.2 Å². The van der Waals surface area contributed by atoms with Crippen molar-refractivity contribution in [1.29, 1.82) is 0 Å². The molecule has 1 atom stereocenters. The fourth-order valence-corrected chi connectivity index (χ4v) is 3.90. The summed E-state index contributed by atoms with van der Waals surface area (Å²) in [5, 5.41) is 9.42. The second kappa shape index (κ2) is 6.93. The van der Waals surface area contributed by atoms with Gasteiger partial charge in [0.15, 0.2) is 0 Å². The second-order valence-electron chi connectivity index (χ2n) is 7.48. The lowest BCUT2D eigenvalue weighted by atomic mass is 9.74. The molecule has 1 saturated heterocycles. The van der Waals surface area contributed by atoms with E-state index in [4.69, 9.17) is 0 Å². The molecule has 20 heavy (non-hydrogen) atoms. The summed E-state index contributed by atoms with van der Waals surface area (Å²) >= 11 is 0. The summed E-state index contributed by atoms with van der Waals surface area (Å²) in [4.78, 5) is 14.0. The Morgan fingerprint density at radius 1 is 1.10 bits per heavy atom. The zero-order valence-corrected chi connectivity index (χ0v) is 13.2. The van der Waals surface area contributed by atoms with Gasteiger partial charge in [0.25, 0.3) is 0 Å². The maximum Gasteiger partial charge on any atom is 0.309 e. The van der Waals surface area contributed by atoms with Crippen LogP contribution in [0.25, 0.3) is 0 Å². The van der Waals surface area contributed by atoms with Crippen LogP contribution in [0.3, 0.4) is 0 Å². The topological polar surface area (TPSA) is 40.5 Å². The third kappa shape index (κ3) is 3.97. The molecule has 0 aromatic rings. The second-order valence-corrected chi connectivity index (χ2v) is 7.48. The van der Waals surface area contributed by atoms with Crippen molar-refractivity contribution < 1.29 is 9.90 Å². The van der Waals surface area contributed by atoms with Crippen molar-refractivity contribution in [1.82, 2.24) is 4.90 Å². The summed E-state index contributed by atoms with van der Waals surface area (Å²) in [5.74, 6) is 0.516. The van der Waals surface area contributed by atoms with Crippen molar-refractivity contribution in [2.75, 3.05) is 19.6 Å². The predicted octanol–water partition coefficient (Wildman–Crippen LogP) is 3.78. The first-order chi connectivity index (χ1) is 9.50. The molecule has 0 bridgehead atoms. The minimum absolute atomic E-state index is 0.305. The Bertz CT molecular complexity index is 319.